The van der Waals surface area contributed by atoms with Crippen molar-refractivity contribution < 1.29 is 9.50 Å². The molecule has 102 valence electrons. The molecule has 0 unspecified atom stereocenters. The Bertz CT molecular complexity index is 775. The molecule has 0 atom stereocenters. The average molecular weight is 309 g/mol. The standard InChI is InChI=1S/C14H10ClFN2OS/c15-9-4-5-11-13(18-7-20-11)12(9)17-6-8-2-1-3-10(16)14(8)19/h1-5,7,17,19H,6H2. The van der Waals surface area contributed by atoms with Gasteiger partial charge >= 0.3 is 0 Å². The molecule has 0 spiro atoms. The van der Waals surface area contributed by atoms with E-state index in [2.05, 4.69) is 10.3 Å². The van der Waals surface area contributed by atoms with Crippen molar-refractivity contribution in [3.8, 4) is 5.75 Å². The second kappa shape index (κ2) is 5.26. The van der Waals surface area contributed by atoms with Crippen LogP contribution in [0.3, 0.4) is 0 Å². The number of phenolic OH excluding ortho intramolecular Hbond substituents is 1. The van der Waals surface area contributed by atoms with Gasteiger partial charge in [0.1, 0.15) is 5.52 Å². The Labute approximate surface area is 123 Å². The van der Waals surface area contributed by atoms with Gasteiger partial charge in [-0.15, -0.1) is 11.3 Å². The Balaban J connectivity index is 1.92. The molecule has 2 N–H and O–H groups in total. The summed E-state index contributed by atoms with van der Waals surface area (Å²) < 4.78 is 14.3. The van der Waals surface area contributed by atoms with E-state index in [1.54, 1.807) is 23.7 Å². The number of anilines is 1. The topological polar surface area (TPSA) is 45.1 Å². The van der Waals surface area contributed by atoms with Crippen molar-refractivity contribution in [1.82, 2.24) is 4.98 Å². The molecule has 0 amide bonds. The van der Waals surface area contributed by atoms with Gasteiger partial charge in [-0.2, -0.15) is 0 Å². The average Bonchev–Trinajstić information content (AvgIpc) is 2.90. The minimum atomic E-state index is -0.637. The zero-order valence-electron chi connectivity index (χ0n) is 10.2. The van der Waals surface area contributed by atoms with Gasteiger partial charge in [-0.25, -0.2) is 9.37 Å². The Morgan fingerprint density at radius 3 is 3.00 bits per heavy atom. The number of benzene rings is 2. The molecule has 0 aliphatic rings. The van der Waals surface area contributed by atoms with Gasteiger partial charge < -0.3 is 10.4 Å². The fraction of sp³-hybridized carbons (Fsp3) is 0.0714. The normalized spacial score (nSPS) is 10.9. The minimum Gasteiger partial charge on any atom is -0.505 e. The molecule has 6 heteroatoms. The van der Waals surface area contributed by atoms with Gasteiger partial charge in [0, 0.05) is 12.1 Å². The summed E-state index contributed by atoms with van der Waals surface area (Å²) in [5.74, 6) is -0.983. The fourth-order valence-corrected chi connectivity index (χ4v) is 2.86. The van der Waals surface area contributed by atoms with Crippen LogP contribution in [0.25, 0.3) is 10.2 Å². The number of nitrogens with zero attached hydrogens (tertiary/aromatic N) is 1. The number of hydrogen-bond acceptors (Lipinski definition) is 4. The largest absolute Gasteiger partial charge is 0.505 e. The Hall–Kier alpha value is -1.85. The van der Waals surface area contributed by atoms with Crippen LogP contribution in [0.1, 0.15) is 5.56 Å². The number of rotatable bonds is 3. The van der Waals surface area contributed by atoms with E-state index in [1.807, 2.05) is 6.07 Å². The van der Waals surface area contributed by atoms with Crippen molar-refractivity contribution >= 4 is 38.8 Å². The van der Waals surface area contributed by atoms with Crippen LogP contribution >= 0.6 is 22.9 Å². The summed E-state index contributed by atoms with van der Waals surface area (Å²) in [6, 6.07) is 8.11. The third-order valence-corrected chi connectivity index (χ3v) is 4.09. The van der Waals surface area contributed by atoms with Gasteiger partial charge in [-0.1, -0.05) is 23.7 Å². The van der Waals surface area contributed by atoms with Crippen LogP contribution in [0.5, 0.6) is 5.75 Å². The van der Waals surface area contributed by atoms with E-state index >= 15 is 0 Å². The molecule has 1 aromatic heterocycles. The summed E-state index contributed by atoms with van der Waals surface area (Å²) in [4.78, 5) is 4.27. The molecule has 20 heavy (non-hydrogen) atoms. The molecule has 0 bridgehead atoms. The van der Waals surface area contributed by atoms with Crippen LogP contribution < -0.4 is 5.32 Å². The highest BCUT2D eigenvalue weighted by molar-refractivity contribution is 7.16. The maximum atomic E-state index is 13.3. The number of nitrogens with one attached hydrogen (secondary N) is 1. The Morgan fingerprint density at radius 2 is 2.15 bits per heavy atom. The van der Waals surface area contributed by atoms with Gasteiger partial charge in [0.2, 0.25) is 0 Å². The first-order valence-corrected chi connectivity index (χ1v) is 7.14. The molecule has 2 aromatic carbocycles. The van der Waals surface area contributed by atoms with Crippen LogP contribution in [-0.2, 0) is 6.54 Å². The summed E-state index contributed by atoms with van der Waals surface area (Å²) in [5, 5.41) is 13.3. The summed E-state index contributed by atoms with van der Waals surface area (Å²) in [5.41, 5.74) is 3.67. The first kappa shape index (κ1) is 13.1. The third kappa shape index (κ3) is 2.30. The number of para-hydroxylation sites is 1. The maximum Gasteiger partial charge on any atom is 0.165 e. The second-order valence-electron chi connectivity index (χ2n) is 4.22. The quantitative estimate of drug-likeness (QED) is 0.753. The lowest BCUT2D eigenvalue weighted by Gasteiger charge is -2.10. The summed E-state index contributed by atoms with van der Waals surface area (Å²) in [7, 11) is 0. The Kier molecular flexibility index (Phi) is 3.46. The van der Waals surface area contributed by atoms with E-state index in [1.165, 1.54) is 17.4 Å². The lowest BCUT2D eigenvalue weighted by atomic mass is 10.2. The van der Waals surface area contributed by atoms with E-state index in [9.17, 15) is 9.50 Å². The number of hydrogen-bond donors (Lipinski definition) is 2. The molecular weight excluding hydrogens is 299 g/mol. The number of thiazole rings is 1. The summed E-state index contributed by atoms with van der Waals surface area (Å²) in [6.45, 7) is 0.264. The van der Waals surface area contributed by atoms with Gasteiger partial charge in [-0.05, 0) is 18.2 Å². The van der Waals surface area contributed by atoms with E-state index in [4.69, 9.17) is 11.6 Å². The molecule has 0 radical (unpaired) electrons. The van der Waals surface area contributed by atoms with E-state index in [0.29, 0.717) is 16.3 Å². The van der Waals surface area contributed by atoms with Crippen molar-refractivity contribution in [3.05, 3.63) is 52.2 Å². The molecule has 0 aliphatic carbocycles. The first-order valence-electron chi connectivity index (χ1n) is 5.89. The fourth-order valence-electron chi connectivity index (χ4n) is 1.96. The van der Waals surface area contributed by atoms with Crippen molar-refractivity contribution in [2.75, 3.05) is 5.32 Å². The van der Waals surface area contributed by atoms with Gasteiger partial charge in [0.25, 0.3) is 0 Å². The zero-order chi connectivity index (χ0) is 14.1. The molecular formula is C14H10ClFN2OS. The molecule has 0 fully saturated rings. The molecule has 0 aliphatic heterocycles. The van der Waals surface area contributed by atoms with Crippen molar-refractivity contribution in [3.63, 3.8) is 0 Å². The number of aromatic nitrogens is 1. The first-order chi connectivity index (χ1) is 9.66. The Morgan fingerprint density at radius 1 is 1.30 bits per heavy atom. The van der Waals surface area contributed by atoms with E-state index in [-0.39, 0.29) is 12.3 Å². The highest BCUT2D eigenvalue weighted by Gasteiger charge is 2.11. The number of phenols is 1. The van der Waals surface area contributed by atoms with E-state index < -0.39 is 5.82 Å². The predicted molar refractivity (Wildman–Crippen MR) is 80.0 cm³/mol. The smallest absolute Gasteiger partial charge is 0.165 e. The van der Waals surface area contributed by atoms with Crippen molar-refractivity contribution in [1.29, 1.82) is 0 Å². The van der Waals surface area contributed by atoms with Gasteiger partial charge in [-0.3, -0.25) is 0 Å². The highest BCUT2D eigenvalue weighted by Crippen LogP contribution is 2.33. The van der Waals surface area contributed by atoms with Crippen LogP contribution in [-0.4, -0.2) is 10.1 Å². The predicted octanol–water partition coefficient (Wildman–Crippen LogP) is 4.41. The molecule has 3 nitrogen and oxygen atoms in total. The lowest BCUT2D eigenvalue weighted by molar-refractivity contribution is 0.427. The second-order valence-corrected chi connectivity index (χ2v) is 5.52. The number of halogens is 2. The third-order valence-electron chi connectivity index (χ3n) is 2.98. The summed E-state index contributed by atoms with van der Waals surface area (Å²) in [6.07, 6.45) is 0. The van der Waals surface area contributed by atoms with Crippen LogP contribution in [0.2, 0.25) is 5.02 Å². The van der Waals surface area contributed by atoms with Gasteiger partial charge in [0.15, 0.2) is 11.6 Å². The molecule has 0 saturated heterocycles. The van der Waals surface area contributed by atoms with Crippen LogP contribution in [0.15, 0.2) is 35.8 Å². The highest BCUT2D eigenvalue weighted by atomic mass is 35.5. The van der Waals surface area contributed by atoms with Crippen LogP contribution in [0.4, 0.5) is 10.1 Å². The molecule has 1 heterocycles. The maximum absolute atomic E-state index is 13.3. The molecule has 3 rings (SSSR count). The lowest BCUT2D eigenvalue weighted by Crippen LogP contribution is -2.01. The monoisotopic (exact) mass is 308 g/mol. The SMILES string of the molecule is Oc1c(F)cccc1CNc1c(Cl)ccc2scnc12. The minimum absolute atomic E-state index is 0.264. The van der Waals surface area contributed by atoms with Crippen molar-refractivity contribution in [2.45, 2.75) is 6.54 Å². The van der Waals surface area contributed by atoms with Gasteiger partial charge in [0.05, 0.1) is 20.9 Å². The summed E-state index contributed by atoms with van der Waals surface area (Å²) >= 11 is 7.68. The van der Waals surface area contributed by atoms with Crippen LogP contribution in [0, 0.1) is 5.82 Å². The molecule has 0 saturated carbocycles. The number of fused-ring (bicyclic) bond motifs is 1. The number of aromatic hydroxyl groups is 1. The van der Waals surface area contributed by atoms with E-state index in [0.717, 1.165) is 10.2 Å². The zero-order valence-corrected chi connectivity index (χ0v) is 11.8. The van der Waals surface area contributed by atoms with Crippen molar-refractivity contribution in [2.24, 2.45) is 0 Å². The molecule has 3 aromatic rings.